The highest BCUT2D eigenvalue weighted by Gasteiger charge is 2.54. The molecule has 0 amide bonds. The highest BCUT2D eigenvalue weighted by molar-refractivity contribution is 8.00. The number of nitrogens with one attached hydrogen (secondary N) is 1. The van der Waals surface area contributed by atoms with Crippen LogP contribution in [0.25, 0.3) is 0 Å². The maximum absolute atomic E-state index is 11.9. The van der Waals surface area contributed by atoms with Gasteiger partial charge < -0.3 is 4.98 Å². The Kier molecular flexibility index (Phi) is 2.68. The number of hydrogen-bond donors (Lipinski definition) is 1. The van der Waals surface area contributed by atoms with Crippen molar-refractivity contribution in [1.29, 1.82) is 0 Å². The van der Waals surface area contributed by atoms with E-state index in [0.29, 0.717) is 11.2 Å². The zero-order chi connectivity index (χ0) is 14.0. The number of aromatic nitrogens is 1. The van der Waals surface area contributed by atoms with Crippen LogP contribution in [0.15, 0.2) is 40.2 Å². The zero-order valence-electron chi connectivity index (χ0n) is 11.6. The van der Waals surface area contributed by atoms with Crippen molar-refractivity contribution in [1.82, 2.24) is 4.98 Å². The fourth-order valence-corrected chi connectivity index (χ4v) is 7.78. The first-order chi connectivity index (χ1) is 10.3. The van der Waals surface area contributed by atoms with Gasteiger partial charge in [0.25, 0.3) is 0 Å². The molecule has 4 heteroatoms. The molecule has 1 N–H and O–H groups in total. The lowest BCUT2D eigenvalue weighted by atomic mass is 9.75. The molecule has 2 aromatic rings. The second-order valence-electron chi connectivity index (χ2n) is 6.59. The number of benzene rings is 1. The van der Waals surface area contributed by atoms with Gasteiger partial charge >= 0.3 is 4.87 Å². The summed E-state index contributed by atoms with van der Waals surface area (Å²) in [4.78, 5) is 16.4. The van der Waals surface area contributed by atoms with Crippen LogP contribution >= 0.6 is 23.1 Å². The van der Waals surface area contributed by atoms with E-state index in [-0.39, 0.29) is 4.87 Å². The minimum atomic E-state index is 0.112. The molecule has 2 nitrogen and oxygen atoms in total. The van der Waals surface area contributed by atoms with Crippen LogP contribution in [0.4, 0.5) is 0 Å². The van der Waals surface area contributed by atoms with Gasteiger partial charge in [0.1, 0.15) is 0 Å². The van der Waals surface area contributed by atoms with E-state index in [9.17, 15) is 4.79 Å². The third-order valence-corrected chi connectivity index (χ3v) is 8.25. The van der Waals surface area contributed by atoms with Crippen LogP contribution in [0, 0.1) is 17.8 Å². The highest BCUT2D eigenvalue weighted by Crippen LogP contribution is 2.63. The van der Waals surface area contributed by atoms with Crippen molar-refractivity contribution in [2.45, 2.75) is 35.5 Å². The molecule has 108 valence electrons. The van der Waals surface area contributed by atoms with E-state index < -0.39 is 0 Å². The first-order valence-electron chi connectivity index (χ1n) is 7.76. The van der Waals surface area contributed by atoms with Crippen molar-refractivity contribution < 1.29 is 0 Å². The van der Waals surface area contributed by atoms with Gasteiger partial charge in [0.15, 0.2) is 0 Å². The van der Waals surface area contributed by atoms with Gasteiger partial charge in [0.2, 0.25) is 0 Å². The van der Waals surface area contributed by atoms with Crippen LogP contribution in [0.1, 0.15) is 35.6 Å². The van der Waals surface area contributed by atoms with Crippen molar-refractivity contribution in [2.75, 3.05) is 0 Å². The van der Waals surface area contributed by atoms with Gasteiger partial charge in [0.05, 0.1) is 5.03 Å². The van der Waals surface area contributed by atoms with E-state index >= 15 is 0 Å². The Morgan fingerprint density at radius 1 is 1.10 bits per heavy atom. The number of fused-ring (bicyclic) bond motifs is 6. The van der Waals surface area contributed by atoms with Crippen LogP contribution in [-0.2, 0) is 0 Å². The van der Waals surface area contributed by atoms with Gasteiger partial charge in [-0.25, -0.2) is 0 Å². The molecular weight excluding hydrogens is 298 g/mol. The maximum atomic E-state index is 11.9. The lowest BCUT2D eigenvalue weighted by Crippen LogP contribution is -2.33. The molecule has 1 aliphatic heterocycles. The molecule has 2 fully saturated rings. The number of rotatable bonds is 1. The molecule has 3 aliphatic rings. The van der Waals surface area contributed by atoms with Gasteiger partial charge in [-0.3, -0.25) is 4.79 Å². The summed E-state index contributed by atoms with van der Waals surface area (Å²) in [6, 6.07) is 10.8. The Balaban J connectivity index is 1.70. The number of H-pyrrole nitrogens is 1. The van der Waals surface area contributed by atoms with E-state index in [4.69, 9.17) is 0 Å². The van der Waals surface area contributed by atoms with Crippen LogP contribution in [0.2, 0.25) is 0 Å². The predicted octanol–water partition coefficient (Wildman–Crippen LogP) is 4.09. The molecule has 5 atom stereocenters. The van der Waals surface area contributed by atoms with Crippen molar-refractivity contribution in [3.05, 3.63) is 50.4 Å². The Labute approximate surface area is 132 Å². The van der Waals surface area contributed by atoms with Gasteiger partial charge in [-0.15, -0.1) is 11.8 Å². The van der Waals surface area contributed by atoms with E-state index in [2.05, 4.69) is 35.3 Å². The maximum Gasteiger partial charge on any atom is 0.305 e. The third-order valence-electron chi connectivity index (χ3n) is 5.62. The lowest BCUT2D eigenvalue weighted by Gasteiger charge is -2.40. The number of thiazole rings is 1. The van der Waals surface area contributed by atoms with E-state index in [1.807, 2.05) is 11.8 Å². The molecule has 4 unspecified atom stereocenters. The summed E-state index contributed by atoms with van der Waals surface area (Å²) >= 11 is 3.40. The summed E-state index contributed by atoms with van der Waals surface area (Å²) in [5.74, 6) is 2.90. The van der Waals surface area contributed by atoms with Gasteiger partial charge in [0, 0.05) is 16.0 Å². The van der Waals surface area contributed by atoms with Crippen molar-refractivity contribution in [3.63, 3.8) is 0 Å². The molecule has 0 saturated heterocycles. The second-order valence-corrected chi connectivity index (χ2v) is 8.79. The average molecular weight is 315 g/mol. The topological polar surface area (TPSA) is 32.9 Å². The molecule has 2 heterocycles. The lowest BCUT2D eigenvalue weighted by molar-refractivity contribution is 0.307. The summed E-state index contributed by atoms with van der Waals surface area (Å²) < 4.78 is 0. The summed E-state index contributed by atoms with van der Waals surface area (Å²) in [6.07, 6.45) is 4.19. The minimum Gasteiger partial charge on any atom is -0.307 e. The van der Waals surface area contributed by atoms with E-state index in [0.717, 1.165) is 22.8 Å². The predicted molar refractivity (Wildman–Crippen MR) is 87.2 cm³/mol. The van der Waals surface area contributed by atoms with Crippen LogP contribution in [0.5, 0.6) is 0 Å². The third kappa shape index (κ3) is 1.75. The van der Waals surface area contributed by atoms with E-state index in [1.165, 1.54) is 41.0 Å². The molecular formula is C17H17NOS2. The Bertz CT molecular complexity index is 735. The Morgan fingerprint density at radius 3 is 2.76 bits per heavy atom. The molecule has 2 aliphatic carbocycles. The van der Waals surface area contributed by atoms with Gasteiger partial charge in [-0.2, -0.15) is 0 Å². The molecule has 0 spiro atoms. The fourth-order valence-electron chi connectivity index (χ4n) is 4.88. The molecule has 1 aromatic heterocycles. The average Bonchev–Trinajstić information content (AvgIpc) is 3.18. The van der Waals surface area contributed by atoms with E-state index in [1.54, 1.807) is 0 Å². The molecule has 2 bridgehead atoms. The molecule has 0 radical (unpaired) electrons. The Morgan fingerprint density at radius 2 is 1.90 bits per heavy atom. The number of hydrogen-bond acceptors (Lipinski definition) is 3. The number of thioether (sulfide) groups is 1. The van der Waals surface area contributed by atoms with Crippen LogP contribution in [-0.4, -0.2) is 10.2 Å². The molecule has 5 rings (SSSR count). The summed E-state index contributed by atoms with van der Waals surface area (Å²) in [5, 5.41) is 1.87. The highest BCUT2D eigenvalue weighted by atomic mass is 32.2. The first kappa shape index (κ1) is 12.5. The van der Waals surface area contributed by atoms with Crippen molar-refractivity contribution in [2.24, 2.45) is 17.8 Å². The molecule has 21 heavy (non-hydrogen) atoms. The monoisotopic (exact) mass is 315 g/mol. The smallest absolute Gasteiger partial charge is 0.305 e. The summed E-state index contributed by atoms with van der Waals surface area (Å²) in [6.45, 7) is 0. The zero-order valence-corrected chi connectivity index (χ0v) is 13.3. The summed E-state index contributed by atoms with van der Waals surface area (Å²) in [7, 11) is 0. The first-order valence-corrected chi connectivity index (χ1v) is 9.45. The van der Waals surface area contributed by atoms with Gasteiger partial charge in [-0.1, -0.05) is 41.7 Å². The summed E-state index contributed by atoms with van der Waals surface area (Å²) in [5.41, 5.74) is 1.40. The van der Waals surface area contributed by atoms with Crippen molar-refractivity contribution in [3.8, 4) is 0 Å². The molecule has 2 saturated carbocycles. The number of aromatic amines is 1. The Hall–Kier alpha value is -1.00. The standard InChI is InChI=1S/C17H17NOS2/c19-17-18-16-15(21-17)12(9-4-2-1-3-5-9)13-10-6-7-11(8-10)14(13)20-16/h1-5,10-14H,6-8H2,(H,18,19)/t10?,11?,12-,13?,14?/m1/s1. The second kappa shape index (κ2) is 4.50. The fraction of sp³-hybridized carbons (Fsp3) is 0.471. The molecule has 1 aromatic carbocycles. The normalized spacial score (nSPS) is 36.5. The largest absolute Gasteiger partial charge is 0.307 e. The van der Waals surface area contributed by atoms with Crippen molar-refractivity contribution >= 4 is 23.1 Å². The minimum absolute atomic E-state index is 0.112. The quantitative estimate of drug-likeness (QED) is 0.860. The van der Waals surface area contributed by atoms with Gasteiger partial charge in [-0.05, 0) is 42.6 Å². The SMILES string of the molecule is O=c1[nH]c2c(s1)[C@H](c1ccccc1)C1C3CCC(C3)C1S2. The van der Waals surface area contributed by atoms with Crippen LogP contribution < -0.4 is 4.87 Å². The van der Waals surface area contributed by atoms with Crippen LogP contribution in [0.3, 0.4) is 0 Å².